The minimum absolute atomic E-state index is 0.0200. The summed E-state index contributed by atoms with van der Waals surface area (Å²) < 4.78 is 8.38. The molecule has 0 saturated heterocycles. The molecule has 23 heavy (non-hydrogen) atoms. The summed E-state index contributed by atoms with van der Waals surface area (Å²) >= 11 is 2.69. The first-order valence-corrected chi connectivity index (χ1v) is 8.59. The number of carbonyl (C=O) groups is 1. The molecule has 2 heterocycles. The molecule has 118 valence electrons. The van der Waals surface area contributed by atoms with Gasteiger partial charge in [-0.1, -0.05) is 6.07 Å². The highest BCUT2D eigenvalue weighted by atomic mass is 32.1. The zero-order valence-electron chi connectivity index (χ0n) is 12.5. The van der Waals surface area contributed by atoms with E-state index >= 15 is 0 Å². The molecule has 0 atom stereocenters. The van der Waals surface area contributed by atoms with E-state index in [0.717, 1.165) is 27.0 Å². The molecule has 5 nitrogen and oxygen atoms in total. The Bertz CT molecular complexity index is 854. The largest absolute Gasteiger partial charge is 0.392 e. The minimum atomic E-state index is -0.0690. The van der Waals surface area contributed by atoms with Crippen molar-refractivity contribution < 1.29 is 9.90 Å². The Labute approximate surface area is 141 Å². The number of fused-ring (bicyclic) bond motifs is 1. The van der Waals surface area contributed by atoms with Crippen molar-refractivity contribution in [2.45, 2.75) is 13.2 Å². The summed E-state index contributed by atoms with van der Waals surface area (Å²) in [6, 6.07) is 7.71. The first-order valence-electron chi connectivity index (χ1n) is 6.98. The van der Waals surface area contributed by atoms with Crippen molar-refractivity contribution in [2.75, 3.05) is 7.05 Å². The number of thiophene rings is 1. The fourth-order valence-corrected chi connectivity index (χ4v) is 3.44. The maximum Gasteiger partial charge on any atom is 0.246 e. The summed E-state index contributed by atoms with van der Waals surface area (Å²) in [6.45, 7) is 0.537. The van der Waals surface area contributed by atoms with E-state index in [9.17, 15) is 4.79 Å². The number of hydrogen-bond acceptors (Lipinski definition) is 6. The number of aliphatic hydroxyl groups is 1. The number of likely N-dealkylation sites (N-methyl/N-ethyl adjacent to an activating group) is 1. The number of rotatable bonds is 5. The van der Waals surface area contributed by atoms with Gasteiger partial charge in [-0.25, -0.2) is 0 Å². The van der Waals surface area contributed by atoms with Crippen molar-refractivity contribution in [1.29, 1.82) is 0 Å². The molecule has 1 amide bonds. The van der Waals surface area contributed by atoms with Crippen molar-refractivity contribution in [1.82, 2.24) is 13.6 Å². The number of aromatic nitrogens is 2. The Hall–Kier alpha value is -2.09. The van der Waals surface area contributed by atoms with Crippen LogP contribution in [0.3, 0.4) is 0 Å². The first-order chi connectivity index (χ1) is 11.2. The van der Waals surface area contributed by atoms with Crippen LogP contribution in [0.5, 0.6) is 0 Å². The molecule has 0 spiro atoms. The van der Waals surface area contributed by atoms with Crippen LogP contribution in [0.4, 0.5) is 0 Å². The third-order valence-corrected chi connectivity index (χ3v) is 4.86. The Morgan fingerprint density at radius 1 is 1.26 bits per heavy atom. The Kier molecular flexibility index (Phi) is 4.80. The van der Waals surface area contributed by atoms with E-state index in [2.05, 4.69) is 8.75 Å². The molecule has 0 radical (unpaired) electrons. The molecule has 1 aromatic carbocycles. The Morgan fingerprint density at radius 3 is 2.87 bits per heavy atom. The number of amides is 1. The van der Waals surface area contributed by atoms with Crippen LogP contribution in [0.2, 0.25) is 0 Å². The standard InChI is InChI=1S/C16H15N3O2S2/c1-19(8-11-2-4-14-15(7-11)18-23-17-14)16(21)5-3-13-6-12(9-20)10-22-13/h2-7,10,20H,8-9H2,1H3/b5-3+. The van der Waals surface area contributed by atoms with Crippen LogP contribution in [0.1, 0.15) is 16.0 Å². The smallest absolute Gasteiger partial charge is 0.246 e. The topological polar surface area (TPSA) is 66.3 Å². The molecule has 0 bridgehead atoms. The van der Waals surface area contributed by atoms with E-state index in [0.29, 0.717) is 6.54 Å². The maximum atomic E-state index is 12.2. The fourth-order valence-electron chi connectivity index (χ4n) is 2.12. The van der Waals surface area contributed by atoms with E-state index in [4.69, 9.17) is 5.11 Å². The summed E-state index contributed by atoms with van der Waals surface area (Å²) in [6.07, 6.45) is 3.33. The third-order valence-electron chi connectivity index (χ3n) is 3.36. The number of carbonyl (C=O) groups excluding carboxylic acids is 1. The van der Waals surface area contributed by atoms with E-state index in [1.54, 1.807) is 24.1 Å². The van der Waals surface area contributed by atoms with Gasteiger partial charge in [0.15, 0.2) is 0 Å². The van der Waals surface area contributed by atoms with Gasteiger partial charge in [0.05, 0.1) is 18.3 Å². The molecule has 1 N–H and O–H groups in total. The van der Waals surface area contributed by atoms with Crippen molar-refractivity contribution in [3.63, 3.8) is 0 Å². The number of hydrogen-bond donors (Lipinski definition) is 1. The van der Waals surface area contributed by atoms with Crippen LogP contribution < -0.4 is 0 Å². The average molecular weight is 345 g/mol. The Morgan fingerprint density at radius 2 is 2.09 bits per heavy atom. The van der Waals surface area contributed by atoms with Gasteiger partial charge >= 0.3 is 0 Å². The molecule has 0 aliphatic heterocycles. The van der Waals surface area contributed by atoms with Crippen LogP contribution in [-0.2, 0) is 17.9 Å². The first kappa shape index (κ1) is 15.8. The molecular formula is C16H15N3O2S2. The van der Waals surface area contributed by atoms with Crippen LogP contribution >= 0.6 is 23.1 Å². The molecule has 0 fully saturated rings. The van der Waals surface area contributed by atoms with Crippen molar-refractivity contribution >= 4 is 46.1 Å². The fraction of sp³-hybridized carbons (Fsp3) is 0.188. The number of aliphatic hydroxyl groups excluding tert-OH is 1. The molecule has 0 unspecified atom stereocenters. The molecular weight excluding hydrogens is 330 g/mol. The summed E-state index contributed by atoms with van der Waals surface area (Å²) in [5, 5.41) is 10.9. The minimum Gasteiger partial charge on any atom is -0.392 e. The van der Waals surface area contributed by atoms with Crippen molar-refractivity contribution in [2.24, 2.45) is 0 Å². The van der Waals surface area contributed by atoms with Crippen LogP contribution in [0, 0.1) is 0 Å². The van der Waals surface area contributed by atoms with Gasteiger partial charge in [-0.2, -0.15) is 8.75 Å². The SMILES string of the molecule is CN(Cc1ccc2nsnc2c1)C(=O)/C=C/c1cc(CO)cs1. The second-order valence-electron chi connectivity index (χ2n) is 5.13. The third kappa shape index (κ3) is 3.82. The van der Waals surface area contributed by atoms with Gasteiger partial charge in [0.1, 0.15) is 11.0 Å². The monoisotopic (exact) mass is 345 g/mol. The van der Waals surface area contributed by atoms with E-state index in [1.165, 1.54) is 23.1 Å². The zero-order valence-corrected chi connectivity index (χ0v) is 14.1. The normalized spacial score (nSPS) is 11.4. The van der Waals surface area contributed by atoms with E-state index < -0.39 is 0 Å². The highest BCUT2D eigenvalue weighted by molar-refractivity contribution is 7.11. The molecule has 7 heteroatoms. The summed E-state index contributed by atoms with van der Waals surface area (Å²) in [5.41, 5.74) is 3.62. The second-order valence-corrected chi connectivity index (χ2v) is 6.60. The molecule has 0 saturated carbocycles. The number of nitrogens with zero attached hydrogens (tertiary/aromatic N) is 3. The van der Waals surface area contributed by atoms with Crippen LogP contribution in [-0.4, -0.2) is 31.7 Å². The van der Waals surface area contributed by atoms with E-state index in [-0.39, 0.29) is 12.5 Å². The van der Waals surface area contributed by atoms with Crippen LogP contribution in [0.25, 0.3) is 17.1 Å². The lowest BCUT2D eigenvalue weighted by molar-refractivity contribution is -0.125. The molecule has 3 rings (SSSR count). The van der Waals surface area contributed by atoms with Gasteiger partial charge < -0.3 is 10.0 Å². The zero-order chi connectivity index (χ0) is 16.2. The summed E-state index contributed by atoms with van der Waals surface area (Å²) in [4.78, 5) is 14.8. The van der Waals surface area contributed by atoms with Gasteiger partial charge in [0.2, 0.25) is 5.91 Å². The summed E-state index contributed by atoms with van der Waals surface area (Å²) in [7, 11) is 1.77. The van der Waals surface area contributed by atoms with Gasteiger partial charge in [0, 0.05) is 24.5 Å². The highest BCUT2D eigenvalue weighted by Crippen LogP contribution is 2.17. The lowest BCUT2D eigenvalue weighted by Gasteiger charge is -2.15. The lowest BCUT2D eigenvalue weighted by Crippen LogP contribution is -2.24. The average Bonchev–Trinajstić information content (AvgIpc) is 3.20. The molecule has 0 aliphatic carbocycles. The highest BCUT2D eigenvalue weighted by Gasteiger charge is 2.08. The molecule has 3 aromatic rings. The van der Waals surface area contributed by atoms with Gasteiger partial charge in [0.25, 0.3) is 0 Å². The van der Waals surface area contributed by atoms with Crippen molar-refractivity contribution in [3.05, 3.63) is 51.7 Å². The van der Waals surface area contributed by atoms with Gasteiger partial charge in [-0.15, -0.1) is 11.3 Å². The van der Waals surface area contributed by atoms with E-state index in [1.807, 2.05) is 29.6 Å². The van der Waals surface area contributed by atoms with Gasteiger partial charge in [-0.05, 0) is 40.8 Å². The summed E-state index contributed by atoms with van der Waals surface area (Å²) in [5.74, 6) is -0.0690. The lowest BCUT2D eigenvalue weighted by atomic mass is 10.2. The van der Waals surface area contributed by atoms with Crippen LogP contribution in [0.15, 0.2) is 35.7 Å². The molecule has 2 aromatic heterocycles. The predicted octanol–water partition coefficient (Wildman–Crippen LogP) is 2.92. The predicted molar refractivity (Wildman–Crippen MR) is 93.2 cm³/mol. The quantitative estimate of drug-likeness (QED) is 0.722. The van der Waals surface area contributed by atoms with Gasteiger partial charge in [-0.3, -0.25) is 4.79 Å². The Balaban J connectivity index is 1.64. The number of benzene rings is 1. The molecule has 0 aliphatic rings. The maximum absolute atomic E-state index is 12.2. The second kappa shape index (κ2) is 6.99. The van der Waals surface area contributed by atoms with Crippen molar-refractivity contribution in [3.8, 4) is 0 Å².